The topological polar surface area (TPSA) is 67.3 Å². The molecule has 1 aromatic heterocycles. The van der Waals surface area contributed by atoms with E-state index in [1.807, 2.05) is 0 Å². The van der Waals surface area contributed by atoms with Crippen molar-refractivity contribution in [3.05, 3.63) is 25.0 Å². The summed E-state index contributed by atoms with van der Waals surface area (Å²) >= 11 is 0. The second-order valence-electron chi connectivity index (χ2n) is 6.76. The maximum absolute atomic E-state index is 11.1. The maximum atomic E-state index is 11.1. The van der Waals surface area contributed by atoms with Crippen LogP contribution in [0.1, 0.15) is 38.5 Å². The lowest BCUT2D eigenvalue weighted by Crippen LogP contribution is -2.31. The number of likely N-dealkylation sites (tertiary alicyclic amines) is 1. The fourth-order valence-corrected chi connectivity index (χ4v) is 3.65. The van der Waals surface area contributed by atoms with E-state index in [4.69, 9.17) is 4.74 Å². The largest absolute Gasteiger partial charge is 0.403 e. The predicted octanol–water partition coefficient (Wildman–Crippen LogP) is 2.63. The van der Waals surface area contributed by atoms with Crippen molar-refractivity contribution in [1.82, 2.24) is 14.9 Å². The zero-order valence-corrected chi connectivity index (χ0v) is 14.1. The van der Waals surface area contributed by atoms with Gasteiger partial charge in [-0.1, -0.05) is 25.8 Å². The summed E-state index contributed by atoms with van der Waals surface area (Å²) in [5, 5.41) is 3.43. The molecule has 1 saturated carbocycles. The molecule has 1 atom stereocenters. The Labute approximate surface area is 143 Å². The average Bonchev–Trinajstić information content (AvgIpc) is 3.04. The van der Waals surface area contributed by atoms with Gasteiger partial charge in [0.25, 0.3) is 0 Å². The van der Waals surface area contributed by atoms with Gasteiger partial charge in [0.2, 0.25) is 5.88 Å². The zero-order valence-electron chi connectivity index (χ0n) is 14.1. The van der Waals surface area contributed by atoms with Crippen molar-refractivity contribution in [3.8, 4) is 5.88 Å². The molecule has 6 heteroatoms. The van der Waals surface area contributed by atoms with E-state index in [1.54, 1.807) is 6.20 Å². The molecule has 1 aliphatic carbocycles. The Hall–Kier alpha value is -1.95. The van der Waals surface area contributed by atoms with Gasteiger partial charge >= 0.3 is 5.97 Å². The summed E-state index contributed by atoms with van der Waals surface area (Å²) in [5.74, 6) is 1.27. The smallest absolute Gasteiger partial charge is 0.336 e. The molecule has 1 unspecified atom stereocenters. The first kappa shape index (κ1) is 16.9. The van der Waals surface area contributed by atoms with Gasteiger partial charge in [-0.2, -0.15) is 0 Å². The molecule has 0 amide bonds. The monoisotopic (exact) mass is 330 g/mol. The molecule has 2 heterocycles. The van der Waals surface area contributed by atoms with Gasteiger partial charge in [-0.3, -0.25) is 0 Å². The predicted molar refractivity (Wildman–Crippen MR) is 92.9 cm³/mol. The highest BCUT2D eigenvalue weighted by atomic mass is 16.5. The SMILES string of the molecule is C=CC(=O)Oc1cnc(NC2CCN(CC3CCCCC3)C2)cn1. The van der Waals surface area contributed by atoms with Crippen LogP contribution in [0.15, 0.2) is 25.0 Å². The molecule has 2 aliphatic rings. The Morgan fingerprint density at radius 2 is 2.12 bits per heavy atom. The van der Waals surface area contributed by atoms with Gasteiger partial charge in [0.05, 0.1) is 12.4 Å². The van der Waals surface area contributed by atoms with Crippen molar-refractivity contribution >= 4 is 11.8 Å². The highest BCUT2D eigenvalue weighted by Crippen LogP contribution is 2.26. The van der Waals surface area contributed by atoms with E-state index in [-0.39, 0.29) is 5.88 Å². The second kappa shape index (κ2) is 8.24. The Balaban J connectivity index is 1.44. The summed E-state index contributed by atoms with van der Waals surface area (Å²) in [5.41, 5.74) is 0. The third-order valence-electron chi connectivity index (χ3n) is 4.87. The van der Waals surface area contributed by atoms with Crippen LogP contribution in [0, 0.1) is 5.92 Å². The molecular formula is C18H26N4O2. The fourth-order valence-electron chi connectivity index (χ4n) is 3.65. The van der Waals surface area contributed by atoms with Crippen LogP contribution in [0.2, 0.25) is 0 Å². The van der Waals surface area contributed by atoms with E-state index >= 15 is 0 Å². The van der Waals surface area contributed by atoms with Gasteiger partial charge in [0, 0.05) is 31.8 Å². The first-order chi connectivity index (χ1) is 11.7. The molecule has 6 nitrogen and oxygen atoms in total. The molecule has 0 bridgehead atoms. The molecule has 3 rings (SSSR count). The normalized spacial score (nSPS) is 22.2. The molecule has 1 aromatic rings. The van der Waals surface area contributed by atoms with Crippen LogP contribution in [-0.2, 0) is 4.79 Å². The second-order valence-corrected chi connectivity index (χ2v) is 6.76. The average molecular weight is 330 g/mol. The number of carbonyl (C=O) groups is 1. The number of hydrogen-bond acceptors (Lipinski definition) is 6. The van der Waals surface area contributed by atoms with E-state index in [1.165, 1.54) is 44.8 Å². The first-order valence-electron chi connectivity index (χ1n) is 8.88. The molecule has 0 aromatic carbocycles. The van der Waals surface area contributed by atoms with Crippen LogP contribution >= 0.6 is 0 Å². The summed E-state index contributed by atoms with van der Waals surface area (Å²) in [6.07, 6.45) is 12.3. The van der Waals surface area contributed by atoms with Crippen LogP contribution in [0.3, 0.4) is 0 Å². The van der Waals surface area contributed by atoms with Gasteiger partial charge in [-0.25, -0.2) is 14.8 Å². The van der Waals surface area contributed by atoms with Crippen molar-refractivity contribution in [1.29, 1.82) is 0 Å². The molecule has 0 radical (unpaired) electrons. The van der Waals surface area contributed by atoms with Crippen LogP contribution in [0.25, 0.3) is 0 Å². The number of aromatic nitrogens is 2. The molecule has 1 saturated heterocycles. The van der Waals surface area contributed by atoms with E-state index in [0.29, 0.717) is 6.04 Å². The number of nitrogens with zero attached hydrogens (tertiary/aromatic N) is 3. The maximum Gasteiger partial charge on any atom is 0.336 e. The van der Waals surface area contributed by atoms with Crippen molar-refractivity contribution in [2.24, 2.45) is 5.92 Å². The zero-order chi connectivity index (χ0) is 16.8. The quantitative estimate of drug-likeness (QED) is 0.639. The fraction of sp³-hybridized carbons (Fsp3) is 0.611. The number of ether oxygens (including phenoxy) is 1. The Kier molecular flexibility index (Phi) is 5.80. The summed E-state index contributed by atoms with van der Waals surface area (Å²) in [4.78, 5) is 22.0. The van der Waals surface area contributed by atoms with Crippen molar-refractivity contribution in [2.45, 2.75) is 44.6 Å². The summed E-state index contributed by atoms with van der Waals surface area (Å²) in [6.45, 7) is 6.80. The van der Waals surface area contributed by atoms with Gasteiger partial charge in [0.1, 0.15) is 5.82 Å². The third-order valence-corrected chi connectivity index (χ3v) is 4.87. The lowest BCUT2D eigenvalue weighted by molar-refractivity contribution is -0.129. The standard InChI is InChI=1S/C18H26N4O2/c1-2-18(23)24-17-11-19-16(10-20-17)21-15-8-9-22(13-15)12-14-6-4-3-5-7-14/h2,10-11,14-15H,1,3-9,12-13H2,(H,19,21). The Bertz CT molecular complexity index is 555. The van der Waals surface area contributed by atoms with E-state index in [9.17, 15) is 4.79 Å². The lowest BCUT2D eigenvalue weighted by Gasteiger charge is -2.26. The molecule has 130 valence electrons. The minimum Gasteiger partial charge on any atom is -0.403 e. The van der Waals surface area contributed by atoms with Gasteiger partial charge in [-0.15, -0.1) is 0 Å². The highest BCUT2D eigenvalue weighted by molar-refractivity contribution is 5.82. The van der Waals surface area contributed by atoms with Crippen LogP contribution in [-0.4, -0.2) is 46.5 Å². The number of carbonyl (C=O) groups excluding carboxylic acids is 1. The van der Waals surface area contributed by atoms with Crippen molar-refractivity contribution < 1.29 is 9.53 Å². The Morgan fingerprint density at radius 3 is 2.83 bits per heavy atom. The number of hydrogen-bond donors (Lipinski definition) is 1. The minimum atomic E-state index is -0.529. The number of esters is 1. The van der Waals surface area contributed by atoms with Crippen LogP contribution in [0.4, 0.5) is 5.82 Å². The van der Waals surface area contributed by atoms with E-state index in [2.05, 4.69) is 26.8 Å². The molecule has 1 N–H and O–H groups in total. The molecule has 0 spiro atoms. The van der Waals surface area contributed by atoms with Crippen LogP contribution in [0.5, 0.6) is 5.88 Å². The van der Waals surface area contributed by atoms with Gasteiger partial charge in [-0.05, 0) is 25.2 Å². The third kappa shape index (κ3) is 4.77. The lowest BCUT2D eigenvalue weighted by atomic mass is 9.89. The Morgan fingerprint density at radius 1 is 1.29 bits per heavy atom. The summed E-state index contributed by atoms with van der Waals surface area (Å²) in [6, 6.07) is 0.407. The number of nitrogens with one attached hydrogen (secondary N) is 1. The minimum absolute atomic E-state index is 0.191. The van der Waals surface area contributed by atoms with E-state index in [0.717, 1.165) is 37.3 Å². The molecule has 1 aliphatic heterocycles. The van der Waals surface area contributed by atoms with Gasteiger partial charge < -0.3 is 15.0 Å². The van der Waals surface area contributed by atoms with E-state index < -0.39 is 5.97 Å². The van der Waals surface area contributed by atoms with Gasteiger partial charge in [0.15, 0.2) is 0 Å². The summed E-state index contributed by atoms with van der Waals surface area (Å²) in [7, 11) is 0. The molecular weight excluding hydrogens is 304 g/mol. The first-order valence-corrected chi connectivity index (χ1v) is 8.88. The van der Waals surface area contributed by atoms with Crippen molar-refractivity contribution in [3.63, 3.8) is 0 Å². The number of rotatable bonds is 6. The van der Waals surface area contributed by atoms with Crippen LogP contribution < -0.4 is 10.1 Å². The molecule has 2 fully saturated rings. The summed E-state index contributed by atoms with van der Waals surface area (Å²) < 4.78 is 4.92. The molecule has 24 heavy (non-hydrogen) atoms. The number of anilines is 1. The van der Waals surface area contributed by atoms with Crippen molar-refractivity contribution in [2.75, 3.05) is 25.0 Å². The highest BCUT2D eigenvalue weighted by Gasteiger charge is 2.25.